The number of hydrogen-bond donors (Lipinski definition) is 3. The summed E-state index contributed by atoms with van der Waals surface area (Å²) in [6.45, 7) is 4.17. The normalized spacial score (nSPS) is 10.2. The molecule has 2 aromatic carbocycles. The van der Waals surface area contributed by atoms with Crippen LogP contribution in [0, 0.1) is 12.7 Å². The molecule has 166 valence electrons. The molecule has 0 aliphatic rings. The number of nitrogens with zero attached hydrogens (tertiary/aromatic N) is 1. The van der Waals surface area contributed by atoms with E-state index in [0.717, 1.165) is 5.56 Å². The Bertz CT molecular complexity index is 889. The molecule has 0 unspecified atom stereocenters. The van der Waals surface area contributed by atoms with Gasteiger partial charge in [-0.05, 0) is 62.2 Å². The van der Waals surface area contributed by atoms with Crippen molar-refractivity contribution >= 4 is 29.4 Å². The third-order valence-corrected chi connectivity index (χ3v) is 4.20. The zero-order valence-electron chi connectivity index (χ0n) is 17.6. The summed E-state index contributed by atoms with van der Waals surface area (Å²) in [5, 5.41) is 7.84. The molecule has 0 saturated heterocycles. The SMILES string of the molecule is CCOC(=O)CNC(=O)NCCCN(C(=O)Nc1cccc(C)c1)c1ccc(F)cc1. The summed E-state index contributed by atoms with van der Waals surface area (Å²) in [5.41, 5.74) is 2.18. The van der Waals surface area contributed by atoms with Crippen molar-refractivity contribution in [3.63, 3.8) is 0 Å². The number of carbonyl (C=O) groups is 3. The molecule has 2 rings (SSSR count). The molecule has 0 atom stereocenters. The summed E-state index contributed by atoms with van der Waals surface area (Å²) >= 11 is 0. The van der Waals surface area contributed by atoms with E-state index in [1.165, 1.54) is 29.2 Å². The van der Waals surface area contributed by atoms with Crippen LogP contribution in [0.15, 0.2) is 48.5 Å². The van der Waals surface area contributed by atoms with Gasteiger partial charge in [0.2, 0.25) is 0 Å². The smallest absolute Gasteiger partial charge is 0.326 e. The Morgan fingerprint density at radius 2 is 1.81 bits per heavy atom. The summed E-state index contributed by atoms with van der Waals surface area (Å²) in [6, 6.07) is 12.1. The van der Waals surface area contributed by atoms with E-state index in [0.29, 0.717) is 17.8 Å². The Kier molecular flexibility index (Phi) is 9.28. The molecule has 0 aromatic heterocycles. The maximum Gasteiger partial charge on any atom is 0.326 e. The number of halogens is 1. The third kappa shape index (κ3) is 8.33. The van der Waals surface area contributed by atoms with E-state index in [2.05, 4.69) is 16.0 Å². The molecule has 31 heavy (non-hydrogen) atoms. The maximum atomic E-state index is 13.3. The van der Waals surface area contributed by atoms with E-state index in [4.69, 9.17) is 4.74 Å². The second-order valence-electron chi connectivity index (χ2n) is 6.70. The van der Waals surface area contributed by atoms with Gasteiger partial charge < -0.3 is 20.7 Å². The number of anilines is 2. The Morgan fingerprint density at radius 1 is 1.06 bits per heavy atom. The van der Waals surface area contributed by atoms with E-state index < -0.39 is 17.8 Å². The fourth-order valence-electron chi connectivity index (χ4n) is 2.75. The average molecular weight is 430 g/mol. The van der Waals surface area contributed by atoms with Crippen LogP contribution in [0.1, 0.15) is 18.9 Å². The van der Waals surface area contributed by atoms with Gasteiger partial charge in [-0.15, -0.1) is 0 Å². The van der Waals surface area contributed by atoms with Crippen LogP contribution >= 0.6 is 0 Å². The topological polar surface area (TPSA) is 99.8 Å². The first-order valence-electron chi connectivity index (χ1n) is 9.97. The number of urea groups is 2. The van der Waals surface area contributed by atoms with Gasteiger partial charge in [0.25, 0.3) is 0 Å². The second-order valence-corrected chi connectivity index (χ2v) is 6.70. The van der Waals surface area contributed by atoms with Crippen molar-refractivity contribution in [3.05, 3.63) is 59.9 Å². The van der Waals surface area contributed by atoms with Gasteiger partial charge in [0.1, 0.15) is 12.4 Å². The predicted molar refractivity (Wildman–Crippen MR) is 117 cm³/mol. The molecule has 0 heterocycles. The average Bonchev–Trinajstić information content (AvgIpc) is 2.73. The highest BCUT2D eigenvalue weighted by Gasteiger charge is 2.16. The van der Waals surface area contributed by atoms with Gasteiger partial charge in [-0.1, -0.05) is 12.1 Å². The number of ether oxygens (including phenoxy) is 1. The van der Waals surface area contributed by atoms with E-state index in [9.17, 15) is 18.8 Å². The molecule has 4 amide bonds. The number of aryl methyl sites for hydroxylation is 1. The van der Waals surface area contributed by atoms with Crippen LogP contribution in [-0.2, 0) is 9.53 Å². The largest absolute Gasteiger partial charge is 0.465 e. The molecular formula is C22H27FN4O4. The highest BCUT2D eigenvalue weighted by atomic mass is 19.1. The minimum absolute atomic E-state index is 0.222. The lowest BCUT2D eigenvalue weighted by Crippen LogP contribution is -2.41. The summed E-state index contributed by atoms with van der Waals surface area (Å²) in [6.07, 6.45) is 0.436. The number of rotatable bonds is 9. The summed E-state index contributed by atoms with van der Waals surface area (Å²) in [5.74, 6) is -0.921. The lowest BCUT2D eigenvalue weighted by atomic mass is 10.2. The van der Waals surface area contributed by atoms with Crippen LogP contribution in [-0.4, -0.2) is 44.3 Å². The van der Waals surface area contributed by atoms with Crippen molar-refractivity contribution in [1.29, 1.82) is 0 Å². The fourth-order valence-corrected chi connectivity index (χ4v) is 2.75. The quantitative estimate of drug-likeness (QED) is 0.419. The molecule has 0 aliphatic heterocycles. The zero-order chi connectivity index (χ0) is 22.6. The number of esters is 1. The van der Waals surface area contributed by atoms with Crippen molar-refractivity contribution in [2.45, 2.75) is 20.3 Å². The molecule has 0 saturated carbocycles. The van der Waals surface area contributed by atoms with Crippen molar-refractivity contribution in [2.75, 3.05) is 36.5 Å². The highest BCUT2D eigenvalue weighted by Crippen LogP contribution is 2.18. The molecule has 0 bridgehead atoms. The Balaban J connectivity index is 1.92. The molecule has 0 radical (unpaired) electrons. The zero-order valence-corrected chi connectivity index (χ0v) is 17.6. The van der Waals surface area contributed by atoms with Gasteiger partial charge in [0.15, 0.2) is 0 Å². The van der Waals surface area contributed by atoms with Crippen LogP contribution in [0.3, 0.4) is 0 Å². The van der Waals surface area contributed by atoms with Crippen LogP contribution in [0.4, 0.5) is 25.4 Å². The Morgan fingerprint density at radius 3 is 2.48 bits per heavy atom. The van der Waals surface area contributed by atoms with Gasteiger partial charge in [0, 0.05) is 24.5 Å². The number of benzene rings is 2. The maximum absolute atomic E-state index is 13.3. The molecule has 0 aliphatic carbocycles. The highest BCUT2D eigenvalue weighted by molar-refractivity contribution is 6.01. The van der Waals surface area contributed by atoms with Crippen LogP contribution in [0.5, 0.6) is 0 Å². The summed E-state index contributed by atoms with van der Waals surface area (Å²) in [7, 11) is 0. The lowest BCUT2D eigenvalue weighted by Gasteiger charge is -2.23. The Labute approximate surface area is 180 Å². The summed E-state index contributed by atoms with van der Waals surface area (Å²) in [4.78, 5) is 37.3. The lowest BCUT2D eigenvalue weighted by molar-refractivity contribution is -0.141. The third-order valence-electron chi connectivity index (χ3n) is 4.20. The first-order valence-corrected chi connectivity index (χ1v) is 9.97. The number of hydrogen-bond acceptors (Lipinski definition) is 4. The number of nitrogens with one attached hydrogen (secondary N) is 3. The standard InChI is InChI=1S/C22H27FN4O4/c1-3-31-20(28)15-25-21(29)24-12-5-13-27(19-10-8-17(23)9-11-19)22(30)26-18-7-4-6-16(2)14-18/h4,6-11,14H,3,5,12-13,15H2,1-2H3,(H,26,30)(H2,24,25,29). The monoisotopic (exact) mass is 430 g/mol. The molecule has 0 fully saturated rings. The van der Waals surface area contributed by atoms with Crippen molar-refractivity contribution in [3.8, 4) is 0 Å². The molecule has 3 N–H and O–H groups in total. The van der Waals surface area contributed by atoms with Gasteiger partial charge in [-0.2, -0.15) is 0 Å². The first kappa shape index (κ1) is 23.7. The van der Waals surface area contributed by atoms with Crippen molar-refractivity contribution in [1.82, 2.24) is 10.6 Å². The first-order chi connectivity index (χ1) is 14.9. The van der Waals surface area contributed by atoms with E-state index in [1.54, 1.807) is 13.0 Å². The van der Waals surface area contributed by atoms with Gasteiger partial charge in [-0.25, -0.2) is 14.0 Å². The predicted octanol–water partition coefficient (Wildman–Crippen LogP) is 3.43. The van der Waals surface area contributed by atoms with Crippen LogP contribution in [0.25, 0.3) is 0 Å². The second kappa shape index (κ2) is 12.2. The molecule has 8 nitrogen and oxygen atoms in total. The van der Waals surface area contributed by atoms with E-state index >= 15 is 0 Å². The molecule has 2 aromatic rings. The summed E-state index contributed by atoms with van der Waals surface area (Å²) < 4.78 is 18.0. The van der Waals surface area contributed by atoms with Crippen molar-refractivity contribution < 1.29 is 23.5 Å². The minimum atomic E-state index is -0.520. The number of carbonyl (C=O) groups excluding carboxylic acids is 3. The molecule has 9 heteroatoms. The number of amides is 4. The minimum Gasteiger partial charge on any atom is -0.465 e. The molecular weight excluding hydrogens is 403 g/mol. The Hall–Kier alpha value is -3.62. The van der Waals surface area contributed by atoms with E-state index in [-0.39, 0.29) is 32.3 Å². The van der Waals surface area contributed by atoms with Crippen LogP contribution < -0.4 is 20.9 Å². The fraction of sp³-hybridized carbons (Fsp3) is 0.318. The van der Waals surface area contributed by atoms with Crippen molar-refractivity contribution in [2.24, 2.45) is 0 Å². The molecule has 0 spiro atoms. The van der Waals surface area contributed by atoms with Gasteiger partial charge in [0.05, 0.1) is 6.61 Å². The van der Waals surface area contributed by atoms with Gasteiger partial charge >= 0.3 is 18.0 Å². The van der Waals surface area contributed by atoms with Gasteiger partial charge in [-0.3, -0.25) is 9.69 Å². The van der Waals surface area contributed by atoms with E-state index in [1.807, 2.05) is 25.1 Å². The van der Waals surface area contributed by atoms with Crippen LogP contribution in [0.2, 0.25) is 0 Å².